The highest BCUT2D eigenvalue weighted by Gasteiger charge is 2.18. The maximum Gasteiger partial charge on any atom is 0.0720 e. The lowest BCUT2D eigenvalue weighted by molar-refractivity contribution is 0.445. The molecule has 70 valence electrons. The van der Waals surface area contributed by atoms with Gasteiger partial charge in [-0.15, -0.1) is 0 Å². The molecular formula is C10H13BrN2. The van der Waals surface area contributed by atoms with Crippen LogP contribution in [-0.2, 0) is 0 Å². The highest BCUT2D eigenvalue weighted by Crippen LogP contribution is 2.32. The van der Waals surface area contributed by atoms with Crippen molar-refractivity contribution in [2.45, 2.75) is 25.3 Å². The quantitative estimate of drug-likeness (QED) is 0.781. The molecule has 1 aromatic carbocycles. The van der Waals surface area contributed by atoms with Gasteiger partial charge in [0.1, 0.15) is 0 Å². The zero-order valence-corrected chi connectivity index (χ0v) is 8.97. The van der Waals surface area contributed by atoms with E-state index in [4.69, 9.17) is 5.73 Å². The maximum atomic E-state index is 5.86. The van der Waals surface area contributed by atoms with Crippen molar-refractivity contribution >= 4 is 27.3 Å². The van der Waals surface area contributed by atoms with E-state index in [1.165, 1.54) is 19.3 Å². The third kappa shape index (κ3) is 1.80. The Morgan fingerprint density at radius 3 is 2.69 bits per heavy atom. The molecule has 0 aliphatic heterocycles. The fraction of sp³-hybridized carbons (Fsp3) is 0.400. The first-order valence-corrected chi connectivity index (χ1v) is 5.37. The summed E-state index contributed by atoms with van der Waals surface area (Å²) in [6.07, 6.45) is 3.86. The average molecular weight is 241 g/mol. The predicted octanol–water partition coefficient (Wildman–Crippen LogP) is 3.00. The highest BCUT2D eigenvalue weighted by molar-refractivity contribution is 9.10. The smallest absolute Gasteiger partial charge is 0.0720 e. The molecule has 1 aliphatic carbocycles. The summed E-state index contributed by atoms with van der Waals surface area (Å²) in [5.41, 5.74) is 7.72. The summed E-state index contributed by atoms with van der Waals surface area (Å²) in [6.45, 7) is 0. The molecule has 2 rings (SSSR count). The van der Waals surface area contributed by atoms with Crippen LogP contribution in [0.2, 0.25) is 0 Å². The molecule has 1 saturated carbocycles. The summed E-state index contributed by atoms with van der Waals surface area (Å²) in [7, 11) is 0. The first kappa shape index (κ1) is 8.88. The second kappa shape index (κ2) is 3.58. The summed E-state index contributed by atoms with van der Waals surface area (Å²) < 4.78 is 1.06. The Labute approximate surface area is 86.6 Å². The van der Waals surface area contributed by atoms with Crippen LogP contribution in [0.3, 0.4) is 0 Å². The second-order valence-corrected chi connectivity index (χ2v) is 4.33. The van der Waals surface area contributed by atoms with Crippen molar-refractivity contribution in [2.24, 2.45) is 0 Å². The van der Waals surface area contributed by atoms with Gasteiger partial charge in [0.25, 0.3) is 0 Å². The van der Waals surface area contributed by atoms with Gasteiger partial charge in [-0.3, -0.25) is 0 Å². The Morgan fingerprint density at radius 1 is 1.38 bits per heavy atom. The number of hydrogen-bond donors (Lipinski definition) is 2. The molecule has 2 nitrogen and oxygen atoms in total. The fourth-order valence-electron chi connectivity index (χ4n) is 1.45. The lowest BCUT2D eigenvalue weighted by atomic mass is 9.93. The third-order valence-corrected chi connectivity index (χ3v) is 3.16. The number of nitrogen functional groups attached to an aromatic ring is 1. The molecule has 0 saturated heterocycles. The van der Waals surface area contributed by atoms with Crippen LogP contribution in [0, 0.1) is 0 Å². The standard InChI is InChI=1S/C10H13BrN2/c11-8-5-2-6-9(12)10(8)13-7-3-1-4-7/h2,5-7,13H,1,3-4,12H2. The SMILES string of the molecule is Nc1cccc(Br)c1NC1CCC1. The van der Waals surface area contributed by atoms with Gasteiger partial charge in [-0.2, -0.15) is 0 Å². The van der Waals surface area contributed by atoms with Gasteiger partial charge < -0.3 is 11.1 Å². The number of anilines is 2. The monoisotopic (exact) mass is 240 g/mol. The van der Waals surface area contributed by atoms with Gasteiger partial charge in [-0.05, 0) is 47.3 Å². The van der Waals surface area contributed by atoms with Gasteiger partial charge >= 0.3 is 0 Å². The van der Waals surface area contributed by atoms with Gasteiger partial charge in [-0.1, -0.05) is 6.07 Å². The van der Waals surface area contributed by atoms with Crippen molar-refractivity contribution in [2.75, 3.05) is 11.1 Å². The molecule has 1 aliphatic rings. The summed E-state index contributed by atoms with van der Waals surface area (Å²) in [4.78, 5) is 0. The van der Waals surface area contributed by atoms with E-state index in [1.54, 1.807) is 0 Å². The van der Waals surface area contributed by atoms with E-state index in [0.29, 0.717) is 6.04 Å². The molecule has 1 aromatic rings. The normalized spacial score (nSPS) is 16.7. The van der Waals surface area contributed by atoms with Crippen LogP contribution in [0.1, 0.15) is 19.3 Å². The van der Waals surface area contributed by atoms with Crippen LogP contribution in [0.15, 0.2) is 22.7 Å². The minimum atomic E-state index is 0.626. The van der Waals surface area contributed by atoms with E-state index < -0.39 is 0 Å². The van der Waals surface area contributed by atoms with Gasteiger partial charge in [0.2, 0.25) is 0 Å². The molecule has 0 aromatic heterocycles. The lowest BCUT2D eigenvalue weighted by Crippen LogP contribution is -2.27. The predicted molar refractivity (Wildman–Crippen MR) is 59.8 cm³/mol. The maximum absolute atomic E-state index is 5.86. The largest absolute Gasteiger partial charge is 0.397 e. The Morgan fingerprint density at radius 2 is 2.15 bits per heavy atom. The molecule has 13 heavy (non-hydrogen) atoms. The molecule has 0 bridgehead atoms. The van der Waals surface area contributed by atoms with Crippen LogP contribution >= 0.6 is 15.9 Å². The Bertz CT molecular complexity index is 288. The molecule has 0 unspecified atom stereocenters. The van der Waals surface area contributed by atoms with Crippen LogP contribution in [-0.4, -0.2) is 6.04 Å². The van der Waals surface area contributed by atoms with Crippen molar-refractivity contribution in [3.8, 4) is 0 Å². The van der Waals surface area contributed by atoms with E-state index in [2.05, 4.69) is 21.2 Å². The zero-order valence-electron chi connectivity index (χ0n) is 7.39. The molecule has 0 radical (unpaired) electrons. The van der Waals surface area contributed by atoms with Crippen molar-refractivity contribution in [3.05, 3.63) is 22.7 Å². The van der Waals surface area contributed by atoms with E-state index in [-0.39, 0.29) is 0 Å². The number of rotatable bonds is 2. The van der Waals surface area contributed by atoms with Crippen molar-refractivity contribution < 1.29 is 0 Å². The average Bonchev–Trinajstić information content (AvgIpc) is 2.00. The number of benzene rings is 1. The van der Waals surface area contributed by atoms with E-state index in [0.717, 1.165) is 15.8 Å². The van der Waals surface area contributed by atoms with E-state index >= 15 is 0 Å². The summed E-state index contributed by atoms with van der Waals surface area (Å²) in [6, 6.07) is 6.51. The fourth-order valence-corrected chi connectivity index (χ4v) is 1.95. The van der Waals surface area contributed by atoms with Crippen molar-refractivity contribution in [3.63, 3.8) is 0 Å². The van der Waals surface area contributed by atoms with E-state index in [9.17, 15) is 0 Å². The van der Waals surface area contributed by atoms with Crippen LogP contribution in [0.5, 0.6) is 0 Å². The van der Waals surface area contributed by atoms with Gasteiger partial charge in [0.05, 0.1) is 11.4 Å². The summed E-state index contributed by atoms with van der Waals surface area (Å²) in [5, 5.41) is 3.44. The molecule has 3 N–H and O–H groups in total. The van der Waals surface area contributed by atoms with Crippen molar-refractivity contribution in [1.29, 1.82) is 0 Å². The minimum absolute atomic E-state index is 0.626. The van der Waals surface area contributed by atoms with Gasteiger partial charge in [0.15, 0.2) is 0 Å². The van der Waals surface area contributed by atoms with Gasteiger partial charge in [0, 0.05) is 10.5 Å². The van der Waals surface area contributed by atoms with Crippen LogP contribution < -0.4 is 11.1 Å². The number of halogens is 1. The number of hydrogen-bond acceptors (Lipinski definition) is 2. The first-order valence-electron chi connectivity index (χ1n) is 4.58. The Balaban J connectivity index is 2.17. The Hall–Kier alpha value is -0.700. The lowest BCUT2D eigenvalue weighted by Gasteiger charge is -2.28. The molecule has 0 atom stereocenters. The van der Waals surface area contributed by atoms with Crippen LogP contribution in [0.25, 0.3) is 0 Å². The minimum Gasteiger partial charge on any atom is -0.397 e. The van der Waals surface area contributed by atoms with E-state index in [1.807, 2.05) is 18.2 Å². The highest BCUT2D eigenvalue weighted by atomic mass is 79.9. The second-order valence-electron chi connectivity index (χ2n) is 3.48. The topological polar surface area (TPSA) is 38.0 Å². The first-order chi connectivity index (χ1) is 6.27. The number of nitrogens with one attached hydrogen (secondary N) is 1. The molecular weight excluding hydrogens is 228 g/mol. The molecule has 0 spiro atoms. The summed E-state index contributed by atoms with van der Waals surface area (Å²) >= 11 is 3.49. The molecule has 3 heteroatoms. The molecule has 0 heterocycles. The molecule has 1 fully saturated rings. The number of para-hydroxylation sites is 1. The van der Waals surface area contributed by atoms with Gasteiger partial charge in [-0.25, -0.2) is 0 Å². The third-order valence-electron chi connectivity index (χ3n) is 2.50. The Kier molecular flexibility index (Phi) is 2.44. The molecule has 0 amide bonds. The van der Waals surface area contributed by atoms with Crippen LogP contribution in [0.4, 0.5) is 11.4 Å². The van der Waals surface area contributed by atoms with Crippen molar-refractivity contribution in [1.82, 2.24) is 0 Å². The number of nitrogens with two attached hydrogens (primary N) is 1. The summed E-state index contributed by atoms with van der Waals surface area (Å²) in [5.74, 6) is 0. The zero-order chi connectivity index (χ0) is 9.26.